The highest BCUT2D eigenvalue weighted by Crippen LogP contribution is 2.64. The first-order chi connectivity index (χ1) is 36.9. The first kappa shape index (κ1) is 42.2. The van der Waals surface area contributed by atoms with Crippen LogP contribution >= 0.6 is 0 Å². The Balaban J connectivity index is 0.978. The van der Waals surface area contributed by atoms with Gasteiger partial charge in [0.05, 0.1) is 11.1 Å². The van der Waals surface area contributed by atoms with Crippen molar-refractivity contribution < 1.29 is 0 Å². The van der Waals surface area contributed by atoms with Crippen LogP contribution in [0.15, 0.2) is 261 Å². The summed E-state index contributed by atoms with van der Waals surface area (Å²) in [6.45, 7) is 4.74. The molecule has 1 spiro atoms. The molecule has 0 saturated heterocycles. The zero-order valence-corrected chi connectivity index (χ0v) is 41.8. The lowest BCUT2D eigenvalue weighted by Crippen LogP contribution is -2.26. The van der Waals surface area contributed by atoms with E-state index < -0.39 is 5.41 Å². The summed E-state index contributed by atoms with van der Waals surface area (Å²) in [6, 6.07) is 98.8. The van der Waals surface area contributed by atoms with Gasteiger partial charge in [-0.25, -0.2) is 0 Å². The van der Waals surface area contributed by atoms with Crippen molar-refractivity contribution in [2.75, 3.05) is 4.90 Å². The van der Waals surface area contributed by atoms with E-state index in [9.17, 15) is 0 Å². The van der Waals surface area contributed by atoms with Crippen LogP contribution in [0, 0.1) is 0 Å². The van der Waals surface area contributed by atoms with Crippen molar-refractivity contribution in [1.82, 2.24) is 0 Å². The molecule has 0 aliphatic heterocycles. The molecule has 13 aromatic carbocycles. The van der Waals surface area contributed by atoms with Gasteiger partial charge in [-0.15, -0.1) is 0 Å². The summed E-state index contributed by atoms with van der Waals surface area (Å²) in [5.74, 6) is 0. The van der Waals surface area contributed by atoms with E-state index >= 15 is 0 Å². The summed E-state index contributed by atoms with van der Waals surface area (Å²) < 4.78 is 0. The minimum absolute atomic E-state index is 0.0798. The lowest BCUT2D eigenvalue weighted by molar-refractivity contribution is 0.660. The van der Waals surface area contributed by atoms with Crippen LogP contribution < -0.4 is 4.90 Å². The molecule has 0 heterocycles. The van der Waals surface area contributed by atoms with Crippen LogP contribution in [0.1, 0.15) is 47.2 Å². The van der Waals surface area contributed by atoms with Gasteiger partial charge in [0.2, 0.25) is 0 Å². The van der Waals surface area contributed by atoms with Crippen LogP contribution in [-0.2, 0) is 10.8 Å². The first-order valence-electron chi connectivity index (χ1n) is 26.4. The smallest absolute Gasteiger partial charge is 0.0726 e. The summed E-state index contributed by atoms with van der Waals surface area (Å²) in [5.41, 5.74) is 23.5. The fourth-order valence-corrected chi connectivity index (χ4v) is 14.0. The number of anilines is 3. The third kappa shape index (κ3) is 5.84. The summed E-state index contributed by atoms with van der Waals surface area (Å²) in [4.78, 5) is 2.56. The Morgan fingerprint density at radius 2 is 0.707 bits per heavy atom. The second kappa shape index (κ2) is 15.6. The molecule has 0 amide bonds. The molecular weight excluding hydrogens is 903 g/mol. The maximum absolute atomic E-state index is 2.58. The summed E-state index contributed by atoms with van der Waals surface area (Å²) >= 11 is 0. The Morgan fingerprint density at radius 3 is 1.35 bits per heavy atom. The van der Waals surface area contributed by atoms with Gasteiger partial charge >= 0.3 is 0 Å². The SMILES string of the molecule is CC1(C)c2ccccc2-c2ccc(-c3ccc(-c4cc5c(cc4N(c4ccc6ccccc6c4)c4ccc6c7ccccc7c7ccccc7c6c4)C4(c6ccccc6-c6ccccc64)c4ccccc4-5)cc3)cc21. The molecule has 0 unspecified atom stereocenters. The predicted octanol–water partition coefficient (Wildman–Crippen LogP) is 19.8. The fourth-order valence-electron chi connectivity index (χ4n) is 14.0. The minimum Gasteiger partial charge on any atom is -0.310 e. The van der Waals surface area contributed by atoms with Crippen molar-refractivity contribution in [3.8, 4) is 55.6 Å². The van der Waals surface area contributed by atoms with Gasteiger partial charge < -0.3 is 4.90 Å². The fraction of sp³-hybridized carbons (Fsp3) is 0.0541. The molecule has 16 rings (SSSR count). The second-order valence-electron chi connectivity index (χ2n) is 21.5. The van der Waals surface area contributed by atoms with E-state index in [0.29, 0.717) is 0 Å². The van der Waals surface area contributed by atoms with E-state index in [1.54, 1.807) is 0 Å². The monoisotopic (exact) mass is 951 g/mol. The molecule has 350 valence electrons. The van der Waals surface area contributed by atoms with Gasteiger partial charge in [-0.3, -0.25) is 0 Å². The third-order valence-corrected chi connectivity index (χ3v) is 17.4. The molecule has 0 atom stereocenters. The molecule has 0 N–H and O–H groups in total. The predicted molar refractivity (Wildman–Crippen MR) is 316 cm³/mol. The molecule has 3 aliphatic carbocycles. The van der Waals surface area contributed by atoms with E-state index in [1.807, 2.05) is 0 Å². The van der Waals surface area contributed by atoms with Crippen LogP contribution in [0.5, 0.6) is 0 Å². The van der Waals surface area contributed by atoms with Crippen molar-refractivity contribution in [3.05, 3.63) is 294 Å². The Labute approximate surface area is 437 Å². The van der Waals surface area contributed by atoms with Crippen LogP contribution in [-0.4, -0.2) is 0 Å². The highest BCUT2D eigenvalue weighted by molar-refractivity contribution is 6.26. The van der Waals surface area contributed by atoms with E-state index in [-0.39, 0.29) is 5.41 Å². The molecule has 1 nitrogen and oxygen atoms in total. The van der Waals surface area contributed by atoms with Crippen molar-refractivity contribution in [2.24, 2.45) is 0 Å². The van der Waals surface area contributed by atoms with E-state index in [0.717, 1.165) is 17.1 Å². The van der Waals surface area contributed by atoms with Gasteiger partial charge in [0.15, 0.2) is 0 Å². The standard InChI is InChI=1S/C74H49N/c1-73(2)66-27-13-9-23-58(66)62-39-36-50(42-70(62)73)47-31-33-48(34-32-47)63-44-65-61-26-12-16-30-69(61)74(67-28-14-10-24-59(67)60-25-11-15-29-68(60)74)71(65)45-72(63)75(51-37-35-46-17-3-4-18-49(46)41-51)52-38-40-57-55-21-6-5-19-53(55)54-20-7-8-22-56(54)64(57)43-52/h3-45H,1-2H3. The van der Waals surface area contributed by atoms with E-state index in [4.69, 9.17) is 0 Å². The highest BCUT2D eigenvalue weighted by atomic mass is 15.1. The normalized spacial score (nSPS) is 13.9. The maximum Gasteiger partial charge on any atom is 0.0726 e. The number of hydrogen-bond acceptors (Lipinski definition) is 1. The van der Waals surface area contributed by atoms with Gasteiger partial charge in [0, 0.05) is 22.4 Å². The quantitative estimate of drug-likeness (QED) is 0.155. The zero-order valence-electron chi connectivity index (χ0n) is 41.8. The summed E-state index contributed by atoms with van der Waals surface area (Å²) in [7, 11) is 0. The lowest BCUT2D eigenvalue weighted by Gasteiger charge is -2.33. The number of rotatable bonds is 5. The third-order valence-electron chi connectivity index (χ3n) is 17.4. The molecule has 0 bridgehead atoms. The average Bonchev–Trinajstić information content (AvgIpc) is 4.24. The molecule has 1 heteroatoms. The van der Waals surface area contributed by atoms with Gasteiger partial charge in [-0.05, 0) is 169 Å². The Morgan fingerprint density at radius 1 is 0.253 bits per heavy atom. The molecule has 0 saturated carbocycles. The topological polar surface area (TPSA) is 3.24 Å². The molecule has 0 aromatic heterocycles. The summed E-state index contributed by atoms with van der Waals surface area (Å²) in [6.07, 6.45) is 0. The number of fused-ring (bicyclic) bond motifs is 20. The van der Waals surface area contributed by atoms with Gasteiger partial charge in [0.25, 0.3) is 0 Å². The van der Waals surface area contributed by atoms with Crippen molar-refractivity contribution in [3.63, 3.8) is 0 Å². The van der Waals surface area contributed by atoms with Crippen molar-refractivity contribution in [1.29, 1.82) is 0 Å². The Kier molecular flexibility index (Phi) is 8.79. The molecule has 0 radical (unpaired) electrons. The lowest BCUT2D eigenvalue weighted by atomic mass is 9.70. The van der Waals surface area contributed by atoms with Crippen LogP contribution in [0.25, 0.3) is 98.7 Å². The molecular formula is C74H49N. The molecule has 3 aliphatic rings. The van der Waals surface area contributed by atoms with Crippen molar-refractivity contribution in [2.45, 2.75) is 24.7 Å². The van der Waals surface area contributed by atoms with Gasteiger partial charge in [-0.2, -0.15) is 0 Å². The zero-order chi connectivity index (χ0) is 49.6. The van der Waals surface area contributed by atoms with Crippen LogP contribution in [0.4, 0.5) is 17.1 Å². The molecule has 13 aromatic rings. The minimum atomic E-state index is -0.523. The molecule has 0 fully saturated rings. The van der Waals surface area contributed by atoms with Crippen molar-refractivity contribution >= 4 is 60.2 Å². The van der Waals surface area contributed by atoms with E-state index in [1.165, 1.54) is 132 Å². The largest absolute Gasteiger partial charge is 0.310 e. The summed E-state index contributed by atoms with van der Waals surface area (Å²) in [5, 5.41) is 9.97. The Bertz CT molecular complexity index is 4490. The number of hydrogen-bond donors (Lipinski definition) is 0. The maximum atomic E-state index is 2.58. The molecule has 75 heavy (non-hydrogen) atoms. The van der Waals surface area contributed by atoms with E-state index in [2.05, 4.69) is 280 Å². The second-order valence-corrected chi connectivity index (χ2v) is 21.5. The van der Waals surface area contributed by atoms with Gasteiger partial charge in [0.1, 0.15) is 0 Å². The van der Waals surface area contributed by atoms with Crippen LogP contribution in [0.3, 0.4) is 0 Å². The number of nitrogens with zero attached hydrogens (tertiary/aromatic N) is 1. The first-order valence-corrected chi connectivity index (χ1v) is 26.4. The highest BCUT2D eigenvalue weighted by Gasteiger charge is 2.52. The average molecular weight is 952 g/mol. The number of benzene rings is 13. The van der Waals surface area contributed by atoms with Crippen LogP contribution in [0.2, 0.25) is 0 Å². The van der Waals surface area contributed by atoms with Gasteiger partial charge in [-0.1, -0.05) is 232 Å². The Hall–Kier alpha value is -9.30.